The number of aromatic nitrogens is 2. The number of rotatable bonds is 1. The first kappa shape index (κ1) is 9.66. The summed E-state index contributed by atoms with van der Waals surface area (Å²) in [6, 6.07) is 0. The molecule has 1 aromatic rings. The Morgan fingerprint density at radius 2 is 2.20 bits per heavy atom. The number of hydrogen-bond acceptors (Lipinski definition) is 3. The van der Waals surface area contributed by atoms with Gasteiger partial charge < -0.3 is 0 Å². The van der Waals surface area contributed by atoms with Crippen molar-refractivity contribution in [2.45, 2.75) is 13.3 Å². The minimum atomic E-state index is -0.0117. The van der Waals surface area contributed by atoms with Crippen LogP contribution >= 0.6 is 0 Å². The van der Waals surface area contributed by atoms with Crippen LogP contribution in [0.5, 0.6) is 0 Å². The Morgan fingerprint density at radius 3 is 2.73 bits per heavy atom. The fraction of sp³-hybridized carbons (Fsp3) is 0.364. The van der Waals surface area contributed by atoms with Gasteiger partial charge in [-0.1, -0.05) is 0 Å². The van der Waals surface area contributed by atoms with Crippen molar-refractivity contribution in [1.82, 2.24) is 9.97 Å². The van der Waals surface area contributed by atoms with Gasteiger partial charge in [-0.2, -0.15) is 0 Å². The molecule has 0 N–H and O–H groups in total. The van der Waals surface area contributed by atoms with E-state index in [1.54, 1.807) is 17.3 Å². The first-order valence-electron chi connectivity index (χ1n) is 4.76. The monoisotopic (exact) mass is 201 g/mol. The van der Waals surface area contributed by atoms with E-state index in [-0.39, 0.29) is 11.8 Å². The molecule has 1 fully saturated rings. The van der Waals surface area contributed by atoms with Crippen LogP contribution in [0.1, 0.15) is 12.0 Å². The van der Waals surface area contributed by atoms with Crippen LogP contribution in [0.2, 0.25) is 0 Å². The highest BCUT2D eigenvalue weighted by molar-refractivity contribution is 5.94. The van der Waals surface area contributed by atoms with Gasteiger partial charge in [0.1, 0.15) is 0 Å². The Hall–Kier alpha value is -1.89. The second-order valence-corrected chi connectivity index (χ2v) is 3.63. The van der Waals surface area contributed by atoms with Gasteiger partial charge in [-0.3, -0.25) is 9.69 Å². The molecule has 15 heavy (non-hydrogen) atoms. The zero-order chi connectivity index (χ0) is 10.8. The topological polar surface area (TPSA) is 46.1 Å². The van der Waals surface area contributed by atoms with Crippen LogP contribution in [0.25, 0.3) is 0 Å². The summed E-state index contributed by atoms with van der Waals surface area (Å²) in [5, 5.41) is 0. The molecule has 1 saturated heterocycles. The van der Waals surface area contributed by atoms with Crippen LogP contribution in [0.4, 0.5) is 5.95 Å². The van der Waals surface area contributed by atoms with Crippen LogP contribution in [-0.2, 0) is 4.79 Å². The maximum Gasteiger partial charge on any atom is 0.232 e. The maximum absolute atomic E-state index is 11.6. The summed E-state index contributed by atoms with van der Waals surface area (Å²) in [6.45, 7) is 2.43. The van der Waals surface area contributed by atoms with E-state index in [1.165, 1.54) is 0 Å². The quantitative estimate of drug-likeness (QED) is 0.630. The van der Waals surface area contributed by atoms with Crippen molar-refractivity contribution in [3.8, 4) is 12.3 Å². The predicted molar refractivity (Wildman–Crippen MR) is 56.1 cm³/mol. The van der Waals surface area contributed by atoms with Gasteiger partial charge >= 0.3 is 0 Å². The van der Waals surface area contributed by atoms with Crippen LogP contribution < -0.4 is 4.90 Å². The van der Waals surface area contributed by atoms with Crippen LogP contribution in [-0.4, -0.2) is 22.4 Å². The molecular formula is C11H11N3O. The van der Waals surface area contributed by atoms with E-state index in [0.717, 1.165) is 5.56 Å². The van der Waals surface area contributed by atoms with E-state index in [9.17, 15) is 4.79 Å². The normalized spacial score (nSPS) is 20.4. The molecule has 1 aliphatic rings. The molecule has 76 valence electrons. The summed E-state index contributed by atoms with van der Waals surface area (Å²) in [4.78, 5) is 21.3. The zero-order valence-electron chi connectivity index (χ0n) is 8.47. The van der Waals surface area contributed by atoms with Crippen molar-refractivity contribution in [2.75, 3.05) is 11.4 Å². The molecule has 1 unspecified atom stereocenters. The fourth-order valence-corrected chi connectivity index (χ4v) is 1.54. The molecule has 0 bridgehead atoms. The number of amides is 1. The van der Waals surface area contributed by atoms with Crippen molar-refractivity contribution in [3.05, 3.63) is 18.0 Å². The largest absolute Gasteiger partial charge is 0.279 e. The van der Waals surface area contributed by atoms with Gasteiger partial charge in [0.15, 0.2) is 0 Å². The lowest BCUT2D eigenvalue weighted by Crippen LogP contribution is -2.26. The summed E-state index contributed by atoms with van der Waals surface area (Å²) in [6.07, 6.45) is 9.07. The molecule has 1 aromatic heterocycles. The highest BCUT2D eigenvalue weighted by Crippen LogP contribution is 2.20. The van der Waals surface area contributed by atoms with E-state index >= 15 is 0 Å². The number of terminal acetylenes is 1. The first-order chi connectivity index (χ1) is 7.20. The Bertz CT molecular complexity index is 418. The average Bonchev–Trinajstić information content (AvgIpc) is 2.61. The molecule has 2 heterocycles. The molecule has 1 aliphatic heterocycles. The average molecular weight is 201 g/mol. The van der Waals surface area contributed by atoms with Crippen molar-refractivity contribution in [2.24, 2.45) is 5.92 Å². The highest BCUT2D eigenvalue weighted by Gasteiger charge is 2.30. The molecule has 4 nitrogen and oxygen atoms in total. The second-order valence-electron chi connectivity index (χ2n) is 3.63. The molecule has 0 saturated carbocycles. The van der Waals surface area contributed by atoms with Crippen LogP contribution in [0.15, 0.2) is 12.4 Å². The fourth-order valence-electron chi connectivity index (χ4n) is 1.54. The molecular weight excluding hydrogens is 190 g/mol. The van der Waals surface area contributed by atoms with Gasteiger partial charge in [0.2, 0.25) is 11.9 Å². The molecule has 1 atom stereocenters. The first-order valence-corrected chi connectivity index (χ1v) is 4.76. The maximum atomic E-state index is 11.6. The van der Waals surface area contributed by atoms with E-state index in [1.807, 2.05) is 6.92 Å². The van der Waals surface area contributed by atoms with E-state index in [0.29, 0.717) is 18.9 Å². The smallest absolute Gasteiger partial charge is 0.232 e. The Labute approximate surface area is 88.3 Å². The Kier molecular flexibility index (Phi) is 2.38. The number of anilines is 1. The second kappa shape index (κ2) is 3.70. The molecule has 1 amide bonds. The lowest BCUT2D eigenvalue weighted by Gasteiger charge is -2.12. The summed E-state index contributed by atoms with van der Waals surface area (Å²) in [5.41, 5.74) is 0.971. The van der Waals surface area contributed by atoms with Gasteiger partial charge in [-0.25, -0.2) is 9.97 Å². The van der Waals surface area contributed by atoms with Crippen molar-refractivity contribution in [3.63, 3.8) is 0 Å². The van der Waals surface area contributed by atoms with Crippen molar-refractivity contribution >= 4 is 11.9 Å². The third-order valence-electron chi connectivity index (χ3n) is 2.37. The van der Waals surface area contributed by atoms with E-state index < -0.39 is 0 Å². The predicted octanol–water partition coefficient (Wildman–Crippen LogP) is 0.771. The summed E-state index contributed by atoms with van der Waals surface area (Å²) < 4.78 is 0. The van der Waals surface area contributed by atoms with Crippen LogP contribution in [0.3, 0.4) is 0 Å². The lowest BCUT2D eigenvalue weighted by molar-refractivity contribution is -0.117. The van der Waals surface area contributed by atoms with Crippen molar-refractivity contribution < 1.29 is 4.79 Å². The summed E-state index contributed by atoms with van der Waals surface area (Å²) in [7, 11) is 0. The number of aryl methyl sites for hydroxylation is 1. The van der Waals surface area contributed by atoms with Gasteiger partial charge in [0, 0.05) is 31.3 Å². The zero-order valence-corrected chi connectivity index (χ0v) is 8.47. The summed E-state index contributed by atoms with van der Waals surface area (Å²) in [5.74, 6) is 3.02. The molecule has 4 heteroatoms. The van der Waals surface area contributed by atoms with Crippen LogP contribution in [0, 0.1) is 25.2 Å². The number of carbonyl (C=O) groups excluding carboxylic acids is 1. The lowest BCUT2D eigenvalue weighted by atomic mass is 10.1. The summed E-state index contributed by atoms with van der Waals surface area (Å²) >= 11 is 0. The molecule has 0 aromatic carbocycles. The molecule has 2 rings (SSSR count). The highest BCUT2D eigenvalue weighted by atomic mass is 16.2. The molecule has 0 aliphatic carbocycles. The third kappa shape index (κ3) is 1.82. The van der Waals surface area contributed by atoms with Gasteiger partial charge in [-0.05, 0) is 12.5 Å². The molecule has 0 spiro atoms. The minimum absolute atomic E-state index is 0.00167. The van der Waals surface area contributed by atoms with E-state index in [4.69, 9.17) is 6.42 Å². The van der Waals surface area contributed by atoms with Gasteiger partial charge in [0.05, 0.1) is 0 Å². The number of hydrogen-bond donors (Lipinski definition) is 0. The number of carbonyl (C=O) groups is 1. The Balaban J connectivity index is 2.22. The minimum Gasteiger partial charge on any atom is -0.279 e. The van der Waals surface area contributed by atoms with E-state index in [2.05, 4.69) is 15.9 Å². The van der Waals surface area contributed by atoms with Gasteiger partial charge in [0.25, 0.3) is 0 Å². The Morgan fingerprint density at radius 1 is 1.53 bits per heavy atom. The van der Waals surface area contributed by atoms with Crippen molar-refractivity contribution in [1.29, 1.82) is 0 Å². The SMILES string of the molecule is C#CC1CC(=O)N(c2ncc(C)cn2)C1. The third-order valence-corrected chi connectivity index (χ3v) is 2.37. The molecule has 0 radical (unpaired) electrons. The van der Waals surface area contributed by atoms with Gasteiger partial charge in [-0.15, -0.1) is 12.3 Å². The number of nitrogens with zero attached hydrogens (tertiary/aromatic N) is 3. The standard InChI is InChI=1S/C11H11N3O/c1-3-9-4-10(15)14(7-9)11-12-5-8(2)6-13-11/h1,5-6,9H,4,7H2,2H3.